The Morgan fingerprint density at radius 1 is 1.09 bits per heavy atom. The lowest BCUT2D eigenvalue weighted by Gasteiger charge is -2.15. The van der Waals surface area contributed by atoms with Crippen LogP contribution < -0.4 is 9.47 Å². The van der Waals surface area contributed by atoms with Crippen LogP contribution in [0.1, 0.15) is 31.1 Å². The van der Waals surface area contributed by atoms with Gasteiger partial charge in [0.2, 0.25) is 0 Å². The summed E-state index contributed by atoms with van der Waals surface area (Å²) in [6, 6.07) is 14.4. The number of alkyl halides is 2. The van der Waals surface area contributed by atoms with Gasteiger partial charge in [-0.05, 0) is 61.2 Å². The lowest BCUT2D eigenvalue weighted by molar-refractivity contribution is -0.286. The van der Waals surface area contributed by atoms with E-state index in [4.69, 9.17) is 4.98 Å². The van der Waals surface area contributed by atoms with Gasteiger partial charge in [0.05, 0.1) is 22.8 Å². The minimum Gasteiger partial charge on any atom is -0.395 e. The number of fused-ring (bicyclic) bond motifs is 2. The van der Waals surface area contributed by atoms with Crippen molar-refractivity contribution < 1.29 is 24.5 Å². The summed E-state index contributed by atoms with van der Waals surface area (Å²) in [5.74, 6) is -0.0471. The summed E-state index contributed by atoms with van der Waals surface area (Å²) in [6.07, 6.45) is -0.426. The molecular weight excluding hydrogens is 428 g/mol. The van der Waals surface area contributed by atoms with Crippen LogP contribution in [-0.4, -0.2) is 27.3 Å². The van der Waals surface area contributed by atoms with E-state index in [2.05, 4.69) is 19.7 Å². The van der Waals surface area contributed by atoms with Crippen LogP contribution in [0.5, 0.6) is 11.5 Å². The van der Waals surface area contributed by atoms with Crippen molar-refractivity contribution in [2.75, 3.05) is 0 Å². The van der Waals surface area contributed by atoms with Crippen molar-refractivity contribution >= 4 is 16.7 Å². The number of ether oxygens (including phenoxy) is 2. The highest BCUT2D eigenvalue weighted by Crippen LogP contribution is 2.52. The monoisotopic (exact) mass is 449 g/mol. The van der Waals surface area contributed by atoms with Crippen molar-refractivity contribution in [3.05, 3.63) is 71.5 Å². The quantitative estimate of drug-likeness (QED) is 0.445. The van der Waals surface area contributed by atoms with Gasteiger partial charge in [0, 0.05) is 24.5 Å². The number of nitrogens with zero attached hydrogens (tertiary/aromatic N) is 2. The Morgan fingerprint density at radius 2 is 1.91 bits per heavy atom. The number of nitrogens with one attached hydrogen (secondary N) is 1. The zero-order valence-electron chi connectivity index (χ0n) is 17.7. The summed E-state index contributed by atoms with van der Waals surface area (Å²) < 4.78 is 35.8. The van der Waals surface area contributed by atoms with Gasteiger partial charge in [-0.3, -0.25) is 14.9 Å². The van der Waals surface area contributed by atoms with Gasteiger partial charge in [0.25, 0.3) is 0 Å². The minimum atomic E-state index is -3.68. The van der Waals surface area contributed by atoms with Crippen LogP contribution in [0.3, 0.4) is 0 Å². The van der Waals surface area contributed by atoms with Crippen LogP contribution in [0.4, 0.5) is 8.78 Å². The lowest BCUT2D eigenvalue weighted by atomic mass is 9.88. The Morgan fingerprint density at radius 3 is 2.73 bits per heavy atom. The van der Waals surface area contributed by atoms with E-state index >= 15 is 0 Å². The zero-order valence-corrected chi connectivity index (χ0v) is 17.7. The number of ketones is 1. The number of pyridine rings is 1. The molecule has 1 aliphatic heterocycles. The van der Waals surface area contributed by atoms with Crippen molar-refractivity contribution in [1.82, 2.24) is 15.2 Å². The molecule has 4 aromatic rings. The van der Waals surface area contributed by atoms with Crippen molar-refractivity contribution in [2.45, 2.75) is 37.9 Å². The number of hydrogen-bond donors (Lipinski definition) is 1. The van der Waals surface area contributed by atoms with Crippen molar-refractivity contribution in [2.24, 2.45) is 0 Å². The Kier molecular flexibility index (Phi) is 4.11. The molecule has 0 radical (unpaired) electrons. The van der Waals surface area contributed by atoms with E-state index in [1.807, 2.05) is 37.3 Å². The highest BCUT2D eigenvalue weighted by molar-refractivity contribution is 5.94. The maximum atomic E-state index is 13.4. The predicted octanol–water partition coefficient (Wildman–Crippen LogP) is 5.34. The van der Waals surface area contributed by atoms with Gasteiger partial charge >= 0.3 is 6.29 Å². The molecule has 0 unspecified atom stereocenters. The van der Waals surface area contributed by atoms with Gasteiger partial charge in [0.15, 0.2) is 11.5 Å². The number of carbonyl (C=O) groups is 1. The second-order valence-electron chi connectivity index (χ2n) is 8.65. The minimum absolute atomic E-state index is 0. The van der Waals surface area contributed by atoms with Gasteiger partial charge < -0.3 is 9.47 Å². The number of halogens is 2. The van der Waals surface area contributed by atoms with Gasteiger partial charge in [0.1, 0.15) is 5.78 Å². The molecule has 1 saturated carbocycles. The Balaban J connectivity index is 0.00000241. The molecule has 8 heteroatoms. The molecule has 0 spiro atoms. The standard InChI is InChI=1S/C25H19F2N3O3.H2/c1-14-2-5-18(29-23(14)15-3-6-19-16(10-15)13-28-30-19)12-22(31)24(8-9-24)17-4-7-20-21(11-17)33-25(26,27)32-20;/h2-7,10-11,13H,8-9,12H2,1H3,(H,28,30);1H. The van der Waals surface area contributed by atoms with E-state index in [1.54, 1.807) is 12.3 Å². The largest absolute Gasteiger partial charge is 0.586 e. The number of aryl methyl sites for hydroxylation is 1. The number of carbonyl (C=O) groups excluding carboxylic acids is 1. The summed E-state index contributed by atoms with van der Waals surface area (Å²) in [4.78, 5) is 18.1. The molecule has 6 rings (SSSR count). The van der Waals surface area contributed by atoms with E-state index in [1.165, 1.54) is 12.1 Å². The fraction of sp³-hybridized carbons (Fsp3) is 0.240. The number of rotatable bonds is 5. The van der Waals surface area contributed by atoms with E-state index in [0.29, 0.717) is 24.1 Å². The number of aromatic amines is 1. The molecule has 0 bridgehead atoms. The topological polar surface area (TPSA) is 77.1 Å². The van der Waals surface area contributed by atoms with Crippen LogP contribution in [0.15, 0.2) is 54.7 Å². The highest BCUT2D eigenvalue weighted by atomic mass is 19.3. The third kappa shape index (κ3) is 3.33. The predicted molar refractivity (Wildman–Crippen MR) is 118 cm³/mol. The molecule has 33 heavy (non-hydrogen) atoms. The Hall–Kier alpha value is -3.81. The summed E-state index contributed by atoms with van der Waals surface area (Å²) in [6.45, 7) is 1.98. The Bertz CT molecular complexity index is 1430. The molecule has 1 fully saturated rings. The highest BCUT2D eigenvalue weighted by Gasteiger charge is 2.52. The summed E-state index contributed by atoms with van der Waals surface area (Å²) in [7, 11) is 0. The first-order valence-electron chi connectivity index (χ1n) is 10.7. The smallest absolute Gasteiger partial charge is 0.395 e. The first-order chi connectivity index (χ1) is 15.8. The number of hydrogen-bond acceptors (Lipinski definition) is 5. The molecule has 1 N–H and O–H groups in total. The van der Waals surface area contributed by atoms with Crippen molar-refractivity contribution in [3.8, 4) is 22.8 Å². The molecule has 2 aromatic carbocycles. The van der Waals surface area contributed by atoms with Gasteiger partial charge in [-0.15, -0.1) is 8.78 Å². The maximum Gasteiger partial charge on any atom is 0.586 e. The average molecular weight is 449 g/mol. The number of aromatic nitrogens is 3. The van der Waals surface area contributed by atoms with Crippen LogP contribution >= 0.6 is 0 Å². The second-order valence-corrected chi connectivity index (χ2v) is 8.65. The number of benzene rings is 2. The van der Waals surface area contributed by atoms with E-state index < -0.39 is 11.7 Å². The fourth-order valence-corrected chi connectivity index (χ4v) is 4.48. The molecule has 3 heterocycles. The molecule has 0 saturated heterocycles. The fourth-order valence-electron chi connectivity index (χ4n) is 4.48. The second kappa shape index (κ2) is 6.84. The lowest BCUT2D eigenvalue weighted by Crippen LogP contribution is -2.26. The third-order valence-electron chi connectivity index (χ3n) is 6.45. The summed E-state index contributed by atoms with van der Waals surface area (Å²) in [5.41, 5.74) is 4.37. The van der Waals surface area contributed by atoms with Gasteiger partial charge in [-0.25, -0.2) is 0 Å². The van der Waals surface area contributed by atoms with Crippen molar-refractivity contribution in [1.29, 1.82) is 0 Å². The molecule has 168 valence electrons. The molecule has 2 aliphatic rings. The molecule has 0 amide bonds. The third-order valence-corrected chi connectivity index (χ3v) is 6.45. The van der Waals surface area contributed by atoms with E-state index in [0.717, 1.165) is 27.7 Å². The summed E-state index contributed by atoms with van der Waals surface area (Å²) in [5, 5.41) is 7.98. The zero-order chi connectivity index (χ0) is 22.8. The maximum absolute atomic E-state index is 13.4. The number of H-pyrrole nitrogens is 1. The van der Waals surface area contributed by atoms with Gasteiger partial charge in [-0.1, -0.05) is 18.2 Å². The summed E-state index contributed by atoms with van der Waals surface area (Å²) >= 11 is 0. The average Bonchev–Trinajstić information content (AvgIpc) is 3.35. The van der Waals surface area contributed by atoms with E-state index in [-0.39, 0.29) is 25.1 Å². The van der Waals surface area contributed by atoms with Gasteiger partial charge in [-0.2, -0.15) is 5.10 Å². The molecule has 2 aromatic heterocycles. The molecular formula is C25H21F2N3O3. The molecule has 6 nitrogen and oxygen atoms in total. The SMILES string of the molecule is Cc1ccc(CC(=O)C2(c3ccc4c(c3)OC(F)(F)O4)CC2)nc1-c1ccc2[nH]ncc2c1.[HH]. The van der Waals surface area contributed by atoms with Crippen LogP contribution in [-0.2, 0) is 16.6 Å². The van der Waals surface area contributed by atoms with E-state index in [9.17, 15) is 13.6 Å². The molecule has 0 atom stereocenters. The first kappa shape index (κ1) is 19.8. The van der Waals surface area contributed by atoms with Crippen LogP contribution in [0.25, 0.3) is 22.2 Å². The van der Waals surface area contributed by atoms with Crippen LogP contribution in [0.2, 0.25) is 0 Å². The number of Topliss-reactive ketones (excluding diaryl/α,β-unsaturated/α-hetero) is 1. The normalized spacial score (nSPS) is 17.3. The van der Waals surface area contributed by atoms with Crippen LogP contribution in [0, 0.1) is 6.92 Å². The molecule has 1 aliphatic carbocycles. The van der Waals surface area contributed by atoms with Crippen molar-refractivity contribution in [3.63, 3.8) is 0 Å². The Labute approximate surface area is 189 Å². The first-order valence-corrected chi connectivity index (χ1v) is 10.7.